The highest BCUT2D eigenvalue weighted by atomic mass is 19.1. The summed E-state index contributed by atoms with van der Waals surface area (Å²) in [5, 5.41) is 15.4. The molecule has 3 aromatic rings. The van der Waals surface area contributed by atoms with Crippen LogP contribution >= 0.6 is 0 Å². The maximum atomic E-state index is 14.8. The summed E-state index contributed by atoms with van der Waals surface area (Å²) < 4.78 is 27.4. The summed E-state index contributed by atoms with van der Waals surface area (Å²) in [5.74, 6) is -6.60. The van der Waals surface area contributed by atoms with Crippen molar-refractivity contribution < 1.29 is 47.5 Å². The van der Waals surface area contributed by atoms with Crippen molar-refractivity contribution in [1.29, 1.82) is 0 Å². The lowest BCUT2D eigenvalue weighted by molar-refractivity contribution is -0.154. The second-order valence-electron chi connectivity index (χ2n) is 17.1. The lowest BCUT2D eigenvalue weighted by atomic mass is 9.95. The fraction of sp³-hybridized carbons (Fsp3) is 0.543. The van der Waals surface area contributed by atoms with E-state index < -0.39 is 83.2 Å². The zero-order valence-corrected chi connectivity index (χ0v) is 38.1. The molecule has 1 aliphatic heterocycles. The molecule has 1 aliphatic rings. The van der Waals surface area contributed by atoms with Gasteiger partial charge in [0, 0.05) is 75.8 Å². The van der Waals surface area contributed by atoms with Gasteiger partial charge in [-0.15, -0.1) is 0 Å². The van der Waals surface area contributed by atoms with Crippen LogP contribution in [0.1, 0.15) is 95.5 Å². The fourth-order valence-corrected chi connectivity index (χ4v) is 8.33. The number of benzene rings is 2. The van der Waals surface area contributed by atoms with E-state index in [1.54, 1.807) is 21.0 Å². The Balaban J connectivity index is 1.55. The van der Waals surface area contributed by atoms with Crippen molar-refractivity contribution in [3.8, 4) is 0 Å². The second kappa shape index (κ2) is 23.1. The lowest BCUT2D eigenvalue weighted by Crippen LogP contribution is -2.60. The summed E-state index contributed by atoms with van der Waals surface area (Å²) in [7, 11) is 4.60. The predicted octanol–water partition coefficient (Wildman–Crippen LogP) is 4.16. The summed E-state index contributed by atoms with van der Waals surface area (Å²) in [6, 6.07) is 4.50. The maximum absolute atomic E-state index is 14.8. The first-order valence-electron chi connectivity index (χ1n) is 22.0. The zero-order chi connectivity index (χ0) is 47.4. The first kappa shape index (κ1) is 50.7. The van der Waals surface area contributed by atoms with Crippen molar-refractivity contribution >= 4 is 52.3 Å². The highest BCUT2D eigenvalue weighted by molar-refractivity contribution is 5.97. The van der Waals surface area contributed by atoms with E-state index in [0.29, 0.717) is 25.3 Å². The van der Waals surface area contributed by atoms with E-state index in [9.17, 15) is 47.5 Å². The Hall–Kier alpha value is -5.91. The van der Waals surface area contributed by atoms with Gasteiger partial charge in [0.25, 0.3) is 11.8 Å². The molecule has 2 aromatic carbocycles. The minimum absolute atomic E-state index is 0.0460. The average Bonchev–Trinajstić information content (AvgIpc) is 3.93. The molecule has 0 radical (unpaired) electrons. The number of hydroxylamine groups is 1. The summed E-state index contributed by atoms with van der Waals surface area (Å²) in [5.41, 5.74) is 2.92. The molecule has 1 saturated heterocycles. The van der Waals surface area contributed by atoms with E-state index in [1.807, 2.05) is 58.2 Å². The Morgan fingerprint density at radius 1 is 0.906 bits per heavy atom. The third-order valence-electron chi connectivity index (χ3n) is 12.1. The van der Waals surface area contributed by atoms with Gasteiger partial charge in [-0.1, -0.05) is 59.2 Å². The van der Waals surface area contributed by atoms with Gasteiger partial charge in [0.05, 0.1) is 0 Å². The number of hydrogen-bond acceptors (Lipinski definition) is 8. The van der Waals surface area contributed by atoms with E-state index >= 15 is 0 Å². The number of para-hydroxylation sites is 1. The summed E-state index contributed by atoms with van der Waals surface area (Å²) in [4.78, 5) is 105. The van der Waals surface area contributed by atoms with Crippen LogP contribution in [0.3, 0.4) is 0 Å². The molecule has 64 heavy (non-hydrogen) atoms. The standard InChI is InChI=1S/C46H64F2N8O8/c1-9-14-39(57)53(6)38(24-30-26-50-34-16-12-11-15-33(30)34)45(62)54(7)37(21-27(3)4)46(63)56-20-13-17-36(56)44(61)55(8)40(28(5)10-2)43(60)51-35(42(59)52-64)18-19-49-41(58)29-22-31(47)25-32(48)23-29/h11-12,15-16,22-23,25-28,35-38,40,50,64H,9-10,13-14,17-21,24H2,1-8H3,(H,49,58)(H,51,60)(H,52,59)/t28?,35-,36-,37-,38-,40-/m0/s1. The van der Waals surface area contributed by atoms with Crippen molar-refractivity contribution in [3.05, 3.63) is 71.4 Å². The molecular weight excluding hydrogens is 831 g/mol. The van der Waals surface area contributed by atoms with Gasteiger partial charge in [-0.3, -0.25) is 38.8 Å². The van der Waals surface area contributed by atoms with E-state index in [2.05, 4.69) is 15.6 Å². The number of nitrogens with one attached hydrogen (secondary N) is 4. The van der Waals surface area contributed by atoms with Crippen molar-refractivity contribution in [3.63, 3.8) is 0 Å². The number of nitrogens with zero attached hydrogens (tertiary/aromatic N) is 4. The quantitative estimate of drug-likeness (QED) is 0.0775. The van der Waals surface area contributed by atoms with Crippen molar-refractivity contribution in [2.24, 2.45) is 11.8 Å². The molecule has 4 rings (SSSR count). The normalized spacial score (nSPS) is 16.1. The summed E-state index contributed by atoms with van der Waals surface area (Å²) >= 11 is 0. The first-order chi connectivity index (χ1) is 30.3. The van der Waals surface area contributed by atoms with Crippen LogP contribution in [0.15, 0.2) is 48.7 Å². The number of hydrogen-bond donors (Lipinski definition) is 5. The average molecular weight is 895 g/mol. The number of likely N-dealkylation sites (tertiary alicyclic amines) is 1. The van der Waals surface area contributed by atoms with Gasteiger partial charge in [-0.2, -0.15) is 0 Å². The predicted molar refractivity (Wildman–Crippen MR) is 235 cm³/mol. The van der Waals surface area contributed by atoms with Crippen LogP contribution in [0.2, 0.25) is 0 Å². The molecule has 1 aromatic heterocycles. The number of halogens is 2. The molecule has 0 spiro atoms. The molecule has 2 heterocycles. The molecule has 16 nitrogen and oxygen atoms in total. The SMILES string of the molecule is CCCC(=O)N(C)[C@@H](Cc1c[nH]c2ccccc12)C(=O)N(C)[C@@H](CC(C)C)C(=O)N1CCC[C@H]1C(=O)N(C)[C@H](C(=O)N[C@@H](CCNC(=O)c1cc(F)cc(F)c1)C(=O)NO)C(C)CC. The minimum Gasteiger partial charge on any atom is -0.361 e. The number of aromatic amines is 1. The third kappa shape index (κ3) is 12.4. The number of fused-ring (bicyclic) bond motifs is 1. The smallest absolute Gasteiger partial charge is 0.265 e. The van der Waals surface area contributed by atoms with Crippen molar-refractivity contribution in [2.45, 2.75) is 116 Å². The van der Waals surface area contributed by atoms with Crippen LogP contribution < -0.4 is 16.1 Å². The van der Waals surface area contributed by atoms with Gasteiger partial charge in [-0.25, -0.2) is 14.3 Å². The number of rotatable bonds is 21. The molecule has 18 heteroatoms. The van der Waals surface area contributed by atoms with Gasteiger partial charge >= 0.3 is 0 Å². The monoisotopic (exact) mass is 894 g/mol. The largest absolute Gasteiger partial charge is 0.361 e. The van der Waals surface area contributed by atoms with Crippen LogP contribution in [-0.2, 0) is 35.2 Å². The lowest BCUT2D eigenvalue weighted by Gasteiger charge is -2.39. The van der Waals surface area contributed by atoms with Gasteiger partial charge in [0.2, 0.25) is 29.5 Å². The number of likely N-dealkylation sites (N-methyl/N-ethyl adjacent to an activating group) is 3. The molecular formula is C46H64F2N8O8. The Bertz CT molecular complexity index is 2130. The number of amides is 7. The second-order valence-corrected chi connectivity index (χ2v) is 17.1. The highest BCUT2D eigenvalue weighted by Crippen LogP contribution is 2.28. The Labute approximate surface area is 373 Å². The molecule has 5 N–H and O–H groups in total. The van der Waals surface area contributed by atoms with Crippen molar-refractivity contribution in [2.75, 3.05) is 34.2 Å². The van der Waals surface area contributed by atoms with E-state index in [-0.39, 0.29) is 62.6 Å². The molecule has 7 amide bonds. The van der Waals surface area contributed by atoms with Gasteiger partial charge in [0.15, 0.2) is 0 Å². The zero-order valence-electron chi connectivity index (χ0n) is 38.1. The van der Waals surface area contributed by atoms with Crippen LogP contribution in [0.4, 0.5) is 8.78 Å². The molecule has 6 atom stereocenters. The minimum atomic E-state index is -1.40. The molecule has 0 aliphatic carbocycles. The molecule has 0 saturated carbocycles. The molecule has 1 unspecified atom stereocenters. The molecule has 1 fully saturated rings. The van der Waals surface area contributed by atoms with E-state index in [1.165, 1.54) is 32.1 Å². The number of H-pyrrole nitrogens is 1. The number of aromatic nitrogens is 1. The maximum Gasteiger partial charge on any atom is 0.265 e. The Morgan fingerprint density at radius 3 is 2.20 bits per heavy atom. The van der Waals surface area contributed by atoms with Gasteiger partial charge in [0.1, 0.15) is 41.8 Å². The van der Waals surface area contributed by atoms with Gasteiger partial charge < -0.3 is 35.2 Å². The van der Waals surface area contributed by atoms with Crippen LogP contribution in [0, 0.1) is 23.5 Å². The fourth-order valence-electron chi connectivity index (χ4n) is 8.33. The van der Waals surface area contributed by atoms with Crippen molar-refractivity contribution in [1.82, 2.24) is 40.7 Å². The Morgan fingerprint density at radius 2 is 1.58 bits per heavy atom. The Kier molecular flexibility index (Phi) is 18.3. The topological polar surface area (TPSA) is 205 Å². The first-order valence-corrected chi connectivity index (χ1v) is 22.0. The summed E-state index contributed by atoms with van der Waals surface area (Å²) in [6.45, 7) is 9.28. The van der Waals surface area contributed by atoms with Crippen LogP contribution in [-0.4, -0.2) is 136 Å². The summed E-state index contributed by atoms with van der Waals surface area (Å²) in [6.07, 6.45) is 4.07. The molecule has 350 valence electrons. The van der Waals surface area contributed by atoms with E-state index in [0.717, 1.165) is 28.6 Å². The van der Waals surface area contributed by atoms with Crippen LogP contribution in [0.25, 0.3) is 10.9 Å². The molecule has 0 bridgehead atoms. The third-order valence-corrected chi connectivity index (χ3v) is 12.1. The highest BCUT2D eigenvalue weighted by Gasteiger charge is 2.44. The van der Waals surface area contributed by atoms with Crippen LogP contribution in [0.5, 0.6) is 0 Å². The van der Waals surface area contributed by atoms with E-state index in [4.69, 9.17) is 0 Å². The number of carbonyl (C=O) groups excluding carboxylic acids is 7. The van der Waals surface area contributed by atoms with Gasteiger partial charge in [-0.05, 0) is 67.7 Å². The number of carbonyl (C=O) groups is 7.